The van der Waals surface area contributed by atoms with Crippen LogP contribution in [0.5, 0.6) is 0 Å². The van der Waals surface area contributed by atoms with E-state index in [9.17, 15) is 4.79 Å². The fraction of sp³-hybridized carbons (Fsp3) is 0.909. The van der Waals surface area contributed by atoms with Gasteiger partial charge in [-0.3, -0.25) is 4.79 Å². The third kappa shape index (κ3) is 2.32. The van der Waals surface area contributed by atoms with Crippen molar-refractivity contribution < 1.29 is 9.53 Å². The number of carbonyl (C=O) groups excluding carboxylic acids is 1. The molecule has 2 rings (SSSR count). The Morgan fingerprint density at radius 2 is 2.33 bits per heavy atom. The molecule has 3 unspecified atom stereocenters. The molecule has 4 nitrogen and oxygen atoms in total. The van der Waals surface area contributed by atoms with E-state index in [1.807, 2.05) is 0 Å². The van der Waals surface area contributed by atoms with Crippen molar-refractivity contribution in [3.05, 3.63) is 0 Å². The quantitative estimate of drug-likeness (QED) is 0.696. The third-order valence-electron chi connectivity index (χ3n) is 3.53. The Bertz CT molecular complexity index is 249. The Balaban J connectivity index is 1.86. The van der Waals surface area contributed by atoms with E-state index in [0.29, 0.717) is 25.7 Å². The highest BCUT2D eigenvalue weighted by molar-refractivity contribution is 5.86. The summed E-state index contributed by atoms with van der Waals surface area (Å²) in [5, 5.41) is 3.05. The molecular weight excluding hydrogens is 192 g/mol. The van der Waals surface area contributed by atoms with Gasteiger partial charge in [0, 0.05) is 12.6 Å². The fourth-order valence-corrected chi connectivity index (χ4v) is 2.43. The standard InChI is InChI=1S/C11H20N2O2/c1-8-2-3-9(6-8)13-10(14)11(12)4-5-15-7-11/h8-9H,2-7,12H2,1H3,(H,13,14). The monoisotopic (exact) mass is 212 g/mol. The molecule has 86 valence electrons. The molecule has 0 aromatic heterocycles. The van der Waals surface area contributed by atoms with Crippen LogP contribution < -0.4 is 11.1 Å². The number of amides is 1. The number of rotatable bonds is 2. The van der Waals surface area contributed by atoms with Crippen molar-refractivity contribution in [1.29, 1.82) is 0 Å². The molecule has 1 aliphatic heterocycles. The first-order valence-corrected chi connectivity index (χ1v) is 5.78. The average molecular weight is 212 g/mol. The average Bonchev–Trinajstić information content (AvgIpc) is 2.76. The Kier molecular flexibility index (Phi) is 2.98. The van der Waals surface area contributed by atoms with Crippen LogP contribution in [-0.2, 0) is 9.53 Å². The number of ether oxygens (including phenoxy) is 1. The van der Waals surface area contributed by atoms with Crippen molar-refractivity contribution >= 4 is 5.91 Å². The van der Waals surface area contributed by atoms with Gasteiger partial charge >= 0.3 is 0 Å². The highest BCUT2D eigenvalue weighted by atomic mass is 16.5. The lowest BCUT2D eigenvalue weighted by molar-refractivity contribution is -0.127. The van der Waals surface area contributed by atoms with E-state index in [0.717, 1.165) is 18.8 Å². The highest BCUT2D eigenvalue weighted by Crippen LogP contribution is 2.25. The Hall–Kier alpha value is -0.610. The molecule has 1 aliphatic carbocycles. The second-order valence-electron chi connectivity index (χ2n) is 5.05. The number of nitrogens with two attached hydrogens (primary N) is 1. The summed E-state index contributed by atoms with van der Waals surface area (Å²) >= 11 is 0. The number of hydrogen-bond donors (Lipinski definition) is 2. The molecule has 0 aromatic carbocycles. The molecule has 3 N–H and O–H groups in total. The molecule has 2 fully saturated rings. The van der Waals surface area contributed by atoms with Crippen molar-refractivity contribution in [2.75, 3.05) is 13.2 Å². The maximum Gasteiger partial charge on any atom is 0.242 e. The van der Waals surface area contributed by atoms with Crippen molar-refractivity contribution in [3.8, 4) is 0 Å². The summed E-state index contributed by atoms with van der Waals surface area (Å²) in [6.07, 6.45) is 4.02. The van der Waals surface area contributed by atoms with Crippen LogP contribution in [0, 0.1) is 5.92 Å². The Morgan fingerprint density at radius 1 is 1.53 bits per heavy atom. The van der Waals surface area contributed by atoms with Gasteiger partial charge < -0.3 is 15.8 Å². The minimum absolute atomic E-state index is 0.0286. The van der Waals surface area contributed by atoms with Crippen LogP contribution in [0.2, 0.25) is 0 Å². The first-order chi connectivity index (χ1) is 7.10. The molecular formula is C11H20N2O2. The molecule has 0 radical (unpaired) electrons. The van der Waals surface area contributed by atoms with Crippen LogP contribution in [0.25, 0.3) is 0 Å². The van der Waals surface area contributed by atoms with E-state index < -0.39 is 5.54 Å². The van der Waals surface area contributed by atoms with Gasteiger partial charge in [0.2, 0.25) is 5.91 Å². The molecule has 3 atom stereocenters. The summed E-state index contributed by atoms with van der Waals surface area (Å²) in [4.78, 5) is 11.9. The summed E-state index contributed by atoms with van der Waals surface area (Å²) in [5.74, 6) is 0.697. The topological polar surface area (TPSA) is 64.4 Å². The second-order valence-corrected chi connectivity index (χ2v) is 5.05. The lowest BCUT2D eigenvalue weighted by Crippen LogP contribution is -2.56. The smallest absolute Gasteiger partial charge is 0.242 e. The minimum Gasteiger partial charge on any atom is -0.379 e. The van der Waals surface area contributed by atoms with Gasteiger partial charge in [0.05, 0.1) is 6.61 Å². The van der Waals surface area contributed by atoms with Crippen molar-refractivity contribution in [2.24, 2.45) is 11.7 Å². The molecule has 2 aliphatic rings. The largest absolute Gasteiger partial charge is 0.379 e. The summed E-state index contributed by atoms with van der Waals surface area (Å²) in [7, 11) is 0. The van der Waals surface area contributed by atoms with Crippen molar-refractivity contribution in [1.82, 2.24) is 5.32 Å². The van der Waals surface area contributed by atoms with Gasteiger partial charge in [-0.15, -0.1) is 0 Å². The maximum absolute atomic E-state index is 11.9. The van der Waals surface area contributed by atoms with E-state index in [1.165, 1.54) is 6.42 Å². The van der Waals surface area contributed by atoms with E-state index in [1.54, 1.807) is 0 Å². The van der Waals surface area contributed by atoms with Crippen LogP contribution in [0.4, 0.5) is 0 Å². The van der Waals surface area contributed by atoms with Crippen molar-refractivity contribution in [3.63, 3.8) is 0 Å². The van der Waals surface area contributed by atoms with Gasteiger partial charge in [0.1, 0.15) is 5.54 Å². The molecule has 0 aromatic rings. The van der Waals surface area contributed by atoms with Gasteiger partial charge in [0.15, 0.2) is 0 Å². The number of hydrogen-bond acceptors (Lipinski definition) is 3. The third-order valence-corrected chi connectivity index (χ3v) is 3.53. The molecule has 4 heteroatoms. The SMILES string of the molecule is CC1CCC(NC(=O)C2(N)CCOC2)C1. The molecule has 1 amide bonds. The summed E-state index contributed by atoms with van der Waals surface area (Å²) in [5.41, 5.74) is 5.21. The first kappa shape index (κ1) is 10.9. The predicted octanol–water partition coefficient (Wildman–Crippen LogP) is 0.409. The zero-order chi connectivity index (χ0) is 10.9. The molecule has 1 heterocycles. The Labute approximate surface area is 90.5 Å². The predicted molar refractivity (Wildman–Crippen MR) is 57.3 cm³/mol. The zero-order valence-electron chi connectivity index (χ0n) is 9.29. The zero-order valence-corrected chi connectivity index (χ0v) is 9.29. The van der Waals surface area contributed by atoms with Gasteiger partial charge in [-0.2, -0.15) is 0 Å². The summed E-state index contributed by atoms with van der Waals surface area (Å²) in [6.45, 7) is 3.19. The highest BCUT2D eigenvalue weighted by Gasteiger charge is 2.39. The normalized spacial score (nSPS) is 40.7. The molecule has 1 saturated heterocycles. The Morgan fingerprint density at radius 3 is 2.87 bits per heavy atom. The lowest BCUT2D eigenvalue weighted by atomic mass is 9.98. The number of carbonyl (C=O) groups is 1. The lowest BCUT2D eigenvalue weighted by Gasteiger charge is -2.23. The summed E-state index contributed by atoms with van der Waals surface area (Å²) in [6, 6.07) is 0.327. The van der Waals surface area contributed by atoms with E-state index in [-0.39, 0.29) is 5.91 Å². The van der Waals surface area contributed by atoms with Crippen LogP contribution >= 0.6 is 0 Å². The maximum atomic E-state index is 11.9. The molecule has 0 bridgehead atoms. The number of nitrogens with one attached hydrogen (secondary N) is 1. The first-order valence-electron chi connectivity index (χ1n) is 5.78. The van der Waals surface area contributed by atoms with Gasteiger partial charge in [0.25, 0.3) is 0 Å². The van der Waals surface area contributed by atoms with Crippen LogP contribution in [0.3, 0.4) is 0 Å². The molecule has 1 saturated carbocycles. The van der Waals surface area contributed by atoms with Gasteiger partial charge in [-0.25, -0.2) is 0 Å². The van der Waals surface area contributed by atoms with Crippen LogP contribution in [0.15, 0.2) is 0 Å². The van der Waals surface area contributed by atoms with Crippen molar-refractivity contribution in [2.45, 2.75) is 44.2 Å². The van der Waals surface area contributed by atoms with E-state index in [4.69, 9.17) is 10.5 Å². The van der Waals surface area contributed by atoms with E-state index in [2.05, 4.69) is 12.2 Å². The fourth-order valence-electron chi connectivity index (χ4n) is 2.43. The van der Waals surface area contributed by atoms with Gasteiger partial charge in [-0.05, 0) is 31.6 Å². The second kappa shape index (κ2) is 4.10. The summed E-state index contributed by atoms with van der Waals surface area (Å²) < 4.78 is 5.18. The minimum atomic E-state index is -0.772. The van der Waals surface area contributed by atoms with E-state index >= 15 is 0 Å². The molecule has 15 heavy (non-hydrogen) atoms. The van der Waals surface area contributed by atoms with Crippen LogP contribution in [-0.4, -0.2) is 30.7 Å². The van der Waals surface area contributed by atoms with Crippen LogP contribution in [0.1, 0.15) is 32.6 Å². The molecule has 0 spiro atoms. The van der Waals surface area contributed by atoms with Gasteiger partial charge in [-0.1, -0.05) is 6.92 Å².